The largest absolute Gasteiger partial charge is 0.399 e. The molecule has 3 nitrogen and oxygen atoms in total. The lowest BCUT2D eigenvalue weighted by molar-refractivity contribution is 0.101. The summed E-state index contributed by atoms with van der Waals surface area (Å²) in [4.78, 5) is 12.3. The van der Waals surface area contributed by atoms with Crippen LogP contribution in [0, 0.1) is 0 Å². The molecule has 4 rings (SSSR count). The van der Waals surface area contributed by atoms with E-state index in [4.69, 9.17) is 5.73 Å². The minimum atomic E-state index is 0.0933. The molecule has 0 amide bonds. The summed E-state index contributed by atoms with van der Waals surface area (Å²) in [5, 5.41) is 3.81. The first kappa shape index (κ1) is 18.2. The van der Waals surface area contributed by atoms with Crippen LogP contribution in [0.25, 0.3) is 0 Å². The fraction of sp³-hybridized carbons (Fsp3) is 0.435. The highest BCUT2D eigenvalue weighted by atomic mass is 16.1. The van der Waals surface area contributed by atoms with Crippen LogP contribution in [0.5, 0.6) is 0 Å². The molecule has 2 heterocycles. The van der Waals surface area contributed by atoms with E-state index >= 15 is 0 Å². The Hall–Kier alpha value is -2.23. The molecule has 0 aromatic heterocycles. The van der Waals surface area contributed by atoms with Crippen molar-refractivity contribution in [1.82, 2.24) is 0 Å². The Labute approximate surface area is 162 Å². The Bertz CT molecular complexity index is 844. The van der Waals surface area contributed by atoms with Crippen molar-refractivity contribution in [3.05, 3.63) is 59.2 Å². The fourth-order valence-corrected chi connectivity index (χ4v) is 5.32. The predicted octanol–water partition coefficient (Wildman–Crippen LogP) is 5.44. The van der Waals surface area contributed by atoms with E-state index in [9.17, 15) is 4.79 Å². The topological polar surface area (TPSA) is 55.1 Å². The predicted molar refractivity (Wildman–Crippen MR) is 115 cm³/mol. The number of nitrogens with one attached hydrogen (secondary N) is 1. The van der Waals surface area contributed by atoms with Crippen LogP contribution in [0.4, 0.5) is 11.4 Å². The van der Waals surface area contributed by atoms with Gasteiger partial charge in [-0.25, -0.2) is 0 Å². The van der Waals surface area contributed by atoms with E-state index in [1.807, 2.05) is 12.1 Å². The Morgan fingerprint density at radius 3 is 2.70 bits per heavy atom. The SMILES string of the molecule is CC(=O)c1cc(N)ccc1C(C)C1c2ccccc2NC1CB1CCCC1. The Morgan fingerprint density at radius 2 is 1.96 bits per heavy atom. The Kier molecular flexibility index (Phi) is 4.99. The molecular formula is C23H29BN2O. The second-order valence-electron chi connectivity index (χ2n) is 8.44. The zero-order valence-corrected chi connectivity index (χ0v) is 16.4. The van der Waals surface area contributed by atoms with Crippen molar-refractivity contribution in [2.45, 2.75) is 63.5 Å². The van der Waals surface area contributed by atoms with Crippen LogP contribution < -0.4 is 11.1 Å². The summed E-state index contributed by atoms with van der Waals surface area (Å²) in [5.41, 5.74) is 11.2. The van der Waals surface area contributed by atoms with Crippen LogP contribution in [0.2, 0.25) is 19.0 Å². The molecule has 4 heteroatoms. The van der Waals surface area contributed by atoms with Crippen LogP contribution in [0.3, 0.4) is 0 Å². The van der Waals surface area contributed by atoms with Crippen molar-refractivity contribution in [3.63, 3.8) is 0 Å². The van der Waals surface area contributed by atoms with E-state index in [2.05, 4.69) is 42.6 Å². The molecule has 2 aromatic carbocycles. The third kappa shape index (κ3) is 3.50. The van der Waals surface area contributed by atoms with Gasteiger partial charge in [-0.05, 0) is 42.2 Å². The first-order chi connectivity index (χ1) is 13.0. The molecule has 2 aliphatic rings. The van der Waals surface area contributed by atoms with Gasteiger partial charge in [-0.3, -0.25) is 4.79 Å². The number of Topliss-reactive ketones (excluding diaryl/α,β-unsaturated/α-hetero) is 1. The minimum absolute atomic E-state index is 0.0933. The number of hydrogen-bond donors (Lipinski definition) is 2. The van der Waals surface area contributed by atoms with Crippen molar-refractivity contribution >= 4 is 23.9 Å². The molecular weight excluding hydrogens is 331 g/mol. The van der Waals surface area contributed by atoms with Crippen LogP contribution >= 0.6 is 0 Å². The van der Waals surface area contributed by atoms with Crippen LogP contribution in [-0.4, -0.2) is 18.5 Å². The van der Waals surface area contributed by atoms with E-state index in [1.165, 1.54) is 43.1 Å². The van der Waals surface area contributed by atoms with Crippen molar-refractivity contribution in [1.29, 1.82) is 0 Å². The monoisotopic (exact) mass is 360 g/mol. The van der Waals surface area contributed by atoms with Crippen molar-refractivity contribution in [3.8, 4) is 0 Å². The average molecular weight is 360 g/mol. The van der Waals surface area contributed by atoms with E-state index in [1.54, 1.807) is 6.92 Å². The number of fused-ring (bicyclic) bond motifs is 1. The van der Waals surface area contributed by atoms with Gasteiger partial charge in [0.2, 0.25) is 0 Å². The number of para-hydroxylation sites is 1. The van der Waals surface area contributed by atoms with Gasteiger partial charge in [-0.1, -0.05) is 63.0 Å². The number of nitrogen functional groups attached to an aromatic ring is 1. The van der Waals surface area contributed by atoms with Gasteiger partial charge < -0.3 is 11.1 Å². The summed E-state index contributed by atoms with van der Waals surface area (Å²) in [6, 6.07) is 14.9. The van der Waals surface area contributed by atoms with Gasteiger partial charge in [0.15, 0.2) is 5.78 Å². The second kappa shape index (κ2) is 7.42. The van der Waals surface area contributed by atoms with Gasteiger partial charge >= 0.3 is 0 Å². The van der Waals surface area contributed by atoms with Gasteiger partial charge in [0.05, 0.1) is 0 Å². The maximum absolute atomic E-state index is 12.3. The van der Waals surface area contributed by atoms with Gasteiger partial charge in [-0.15, -0.1) is 0 Å². The number of carbonyl (C=O) groups is 1. The molecule has 2 aliphatic heterocycles. The number of rotatable bonds is 5. The molecule has 140 valence electrons. The normalized spacial score (nSPS) is 22.4. The zero-order valence-electron chi connectivity index (χ0n) is 16.4. The number of anilines is 2. The van der Waals surface area contributed by atoms with Crippen LogP contribution in [0.1, 0.15) is 60.0 Å². The molecule has 0 bridgehead atoms. The van der Waals surface area contributed by atoms with E-state index in [0.717, 1.165) is 17.8 Å². The standard InChI is InChI=1S/C23H29BN2O/c1-15(18-10-9-17(25)13-20(18)16(2)27)23-19-7-3-4-8-21(19)26-22(23)14-24-11-5-6-12-24/h3-4,7-10,13,15,22-23,26H,5-6,11-12,14,25H2,1-2H3. The third-order valence-electron chi connectivity index (χ3n) is 6.64. The highest BCUT2D eigenvalue weighted by molar-refractivity contribution is 6.59. The van der Waals surface area contributed by atoms with Crippen molar-refractivity contribution < 1.29 is 4.79 Å². The quantitative estimate of drug-likeness (QED) is 0.424. The molecule has 3 unspecified atom stereocenters. The molecule has 2 aromatic rings. The molecule has 1 saturated heterocycles. The summed E-state index contributed by atoms with van der Waals surface area (Å²) in [7, 11) is 0. The summed E-state index contributed by atoms with van der Waals surface area (Å²) in [6.45, 7) is 4.74. The van der Waals surface area contributed by atoms with Crippen LogP contribution in [-0.2, 0) is 0 Å². The number of carbonyl (C=O) groups excluding carboxylic acids is 1. The fourth-order valence-electron chi connectivity index (χ4n) is 5.32. The lowest BCUT2D eigenvalue weighted by Crippen LogP contribution is -2.29. The maximum Gasteiger partial charge on any atom is 0.160 e. The maximum atomic E-state index is 12.3. The Morgan fingerprint density at radius 1 is 1.22 bits per heavy atom. The summed E-state index contributed by atoms with van der Waals surface area (Å²) < 4.78 is 0. The van der Waals surface area contributed by atoms with Crippen molar-refractivity contribution in [2.75, 3.05) is 11.1 Å². The number of ketones is 1. The minimum Gasteiger partial charge on any atom is -0.399 e. The van der Waals surface area contributed by atoms with Crippen LogP contribution in [0.15, 0.2) is 42.5 Å². The van der Waals surface area contributed by atoms with Gasteiger partial charge in [0, 0.05) is 28.9 Å². The molecule has 1 fully saturated rings. The van der Waals surface area contributed by atoms with Gasteiger partial charge in [0.1, 0.15) is 6.71 Å². The number of hydrogen-bond acceptors (Lipinski definition) is 3. The molecule has 0 aliphatic carbocycles. The lowest BCUT2D eigenvalue weighted by Gasteiger charge is -2.29. The molecule has 27 heavy (non-hydrogen) atoms. The zero-order chi connectivity index (χ0) is 19.0. The summed E-state index contributed by atoms with van der Waals surface area (Å²) in [6.07, 6.45) is 6.68. The van der Waals surface area contributed by atoms with Gasteiger partial charge in [-0.2, -0.15) is 0 Å². The number of nitrogens with two attached hydrogens (primary N) is 1. The summed E-state index contributed by atoms with van der Waals surface area (Å²) >= 11 is 0. The second-order valence-corrected chi connectivity index (χ2v) is 8.44. The first-order valence-corrected chi connectivity index (χ1v) is 10.3. The van der Waals surface area contributed by atoms with E-state index in [0.29, 0.717) is 17.6 Å². The average Bonchev–Trinajstić information content (AvgIpc) is 3.28. The lowest BCUT2D eigenvalue weighted by atomic mass is 9.44. The molecule has 3 atom stereocenters. The summed E-state index contributed by atoms with van der Waals surface area (Å²) in [5.74, 6) is 0.728. The molecule has 3 N–H and O–H groups in total. The molecule has 0 saturated carbocycles. The Balaban J connectivity index is 1.70. The highest BCUT2D eigenvalue weighted by Gasteiger charge is 2.39. The van der Waals surface area contributed by atoms with Crippen molar-refractivity contribution in [2.24, 2.45) is 0 Å². The smallest absolute Gasteiger partial charge is 0.160 e. The van der Waals surface area contributed by atoms with Gasteiger partial charge in [0.25, 0.3) is 0 Å². The molecule has 0 spiro atoms. The first-order valence-electron chi connectivity index (χ1n) is 10.3. The van der Waals surface area contributed by atoms with E-state index < -0.39 is 0 Å². The molecule has 0 radical (unpaired) electrons. The number of benzene rings is 2. The third-order valence-corrected chi connectivity index (χ3v) is 6.64. The highest BCUT2D eigenvalue weighted by Crippen LogP contribution is 2.47. The van der Waals surface area contributed by atoms with E-state index in [-0.39, 0.29) is 11.7 Å².